The van der Waals surface area contributed by atoms with Crippen molar-refractivity contribution in [1.82, 2.24) is 19.2 Å². The minimum atomic E-state index is -3.63. The van der Waals surface area contributed by atoms with Crippen LogP contribution < -0.4 is 10.2 Å². The van der Waals surface area contributed by atoms with E-state index in [-0.39, 0.29) is 28.0 Å². The predicted molar refractivity (Wildman–Crippen MR) is 130 cm³/mol. The lowest BCUT2D eigenvalue weighted by atomic mass is 10.1. The normalized spacial score (nSPS) is 14.6. The Bertz CT molecular complexity index is 1400. The van der Waals surface area contributed by atoms with Crippen LogP contribution in [0.3, 0.4) is 0 Å². The molecule has 1 aliphatic rings. The third-order valence-electron chi connectivity index (χ3n) is 5.33. The van der Waals surface area contributed by atoms with Crippen LogP contribution in [-0.4, -0.2) is 52.7 Å². The molecule has 1 saturated heterocycles. The van der Waals surface area contributed by atoms with Crippen LogP contribution >= 0.6 is 11.3 Å². The van der Waals surface area contributed by atoms with Crippen molar-refractivity contribution in [3.8, 4) is 0 Å². The Morgan fingerprint density at radius 3 is 2.53 bits per heavy atom. The zero-order valence-electron chi connectivity index (χ0n) is 18.8. The van der Waals surface area contributed by atoms with Crippen molar-refractivity contribution < 1.29 is 18.1 Å². The van der Waals surface area contributed by atoms with E-state index in [0.717, 1.165) is 11.3 Å². The van der Waals surface area contributed by atoms with Crippen molar-refractivity contribution >= 4 is 38.9 Å². The van der Waals surface area contributed by atoms with Gasteiger partial charge in [0, 0.05) is 54.1 Å². The molecule has 0 radical (unpaired) electrons. The third-order valence-corrected chi connectivity index (χ3v) is 8.77. The monoisotopic (exact) mass is 529 g/mol. The molecule has 13 nitrogen and oxygen atoms in total. The molecule has 1 fully saturated rings. The van der Waals surface area contributed by atoms with Gasteiger partial charge in [0.1, 0.15) is 9.32 Å². The summed E-state index contributed by atoms with van der Waals surface area (Å²) in [7, 11) is -3.63. The number of carbonyl (C=O) groups excluding carboxylic acids is 1. The Kier molecular flexibility index (Phi) is 7.85. The molecule has 15 heteroatoms. The summed E-state index contributed by atoms with van der Waals surface area (Å²) in [5.74, 6) is -0.170. The lowest BCUT2D eigenvalue weighted by Crippen LogP contribution is -2.42. The fourth-order valence-corrected chi connectivity index (χ4v) is 6.36. The highest BCUT2D eigenvalue weighted by atomic mass is 32.2. The van der Waals surface area contributed by atoms with E-state index in [0.29, 0.717) is 36.8 Å². The zero-order chi connectivity index (χ0) is 25.5. The molecule has 3 aromatic rings. The van der Waals surface area contributed by atoms with Gasteiger partial charge in [-0.1, -0.05) is 0 Å². The Morgan fingerprint density at radius 1 is 1.17 bits per heavy atom. The number of nitro benzene ring substituents is 1. The van der Waals surface area contributed by atoms with E-state index >= 15 is 0 Å². The van der Waals surface area contributed by atoms with Crippen LogP contribution in [0, 0.1) is 10.1 Å². The summed E-state index contributed by atoms with van der Waals surface area (Å²) in [5.41, 5.74) is -0.00114. The second kappa shape index (κ2) is 11.2. The molecule has 186 valence electrons. The van der Waals surface area contributed by atoms with Crippen molar-refractivity contribution in [1.29, 1.82) is 0 Å². The summed E-state index contributed by atoms with van der Waals surface area (Å²) in [6, 6.07) is 9.97. The van der Waals surface area contributed by atoms with E-state index in [1.54, 1.807) is 24.5 Å². The zero-order valence-corrected chi connectivity index (χ0v) is 20.4. The number of non-ortho nitro benzene ring substituents is 1. The fraction of sp³-hybridized carbons (Fsp3) is 0.286. The van der Waals surface area contributed by atoms with Crippen molar-refractivity contribution in [2.45, 2.75) is 29.6 Å². The lowest BCUT2D eigenvalue weighted by molar-refractivity contribution is -0.384. The second-order valence-electron chi connectivity index (χ2n) is 7.71. The molecule has 2 aromatic heterocycles. The van der Waals surface area contributed by atoms with E-state index in [2.05, 4.69) is 30.4 Å². The number of nitrogens with one attached hydrogen (secondary N) is 1. The predicted octanol–water partition coefficient (Wildman–Crippen LogP) is 3.02. The largest absolute Gasteiger partial charge is 0.360 e. The van der Waals surface area contributed by atoms with E-state index < -0.39 is 20.9 Å². The van der Waals surface area contributed by atoms with Crippen molar-refractivity contribution in [3.63, 3.8) is 0 Å². The van der Waals surface area contributed by atoms with Gasteiger partial charge in [-0.3, -0.25) is 14.9 Å². The number of anilines is 1. The molecule has 1 amide bonds. The molecule has 0 aliphatic carbocycles. The number of thiophene rings is 1. The summed E-state index contributed by atoms with van der Waals surface area (Å²) in [6.07, 6.45) is 4.56. The number of hydrogen-bond acceptors (Lipinski definition) is 10. The number of sulfonamides is 1. The molecule has 36 heavy (non-hydrogen) atoms. The van der Waals surface area contributed by atoms with E-state index in [1.165, 1.54) is 34.6 Å². The van der Waals surface area contributed by atoms with Gasteiger partial charge < -0.3 is 5.32 Å². The highest BCUT2D eigenvalue weighted by Gasteiger charge is 2.30. The molecular weight excluding hydrogens is 508 g/mol. The van der Waals surface area contributed by atoms with Crippen LogP contribution in [-0.2, 0) is 16.6 Å². The van der Waals surface area contributed by atoms with Crippen LogP contribution in [0.5, 0.6) is 0 Å². The van der Waals surface area contributed by atoms with Gasteiger partial charge in [0.05, 0.1) is 4.92 Å². The molecule has 1 aliphatic heterocycles. The first-order valence-electron chi connectivity index (χ1n) is 10.8. The Labute approximate surface area is 209 Å². The molecule has 0 atom stereocenters. The van der Waals surface area contributed by atoms with Gasteiger partial charge in [-0.25, -0.2) is 18.4 Å². The van der Waals surface area contributed by atoms with E-state index in [9.17, 15) is 23.3 Å². The van der Waals surface area contributed by atoms with Gasteiger partial charge in [0.25, 0.3) is 15.7 Å². The summed E-state index contributed by atoms with van der Waals surface area (Å²) >= 11 is 1.09. The van der Waals surface area contributed by atoms with Gasteiger partial charge in [-0.05, 0) is 43.2 Å². The molecule has 0 saturated carbocycles. The maximum absolute atomic E-state index is 13.0. The summed E-state index contributed by atoms with van der Waals surface area (Å²) < 4.78 is 27.8. The van der Waals surface area contributed by atoms with Gasteiger partial charge in [0.2, 0.25) is 16.0 Å². The van der Waals surface area contributed by atoms with Crippen molar-refractivity contribution in [2.75, 3.05) is 18.4 Å². The number of nitro groups is 1. The maximum atomic E-state index is 13.0. The quantitative estimate of drug-likeness (QED) is 0.200. The summed E-state index contributed by atoms with van der Waals surface area (Å²) in [4.78, 5) is 34.5. The van der Waals surface area contributed by atoms with Crippen LogP contribution in [0.2, 0.25) is 0 Å². The van der Waals surface area contributed by atoms with Gasteiger partial charge in [-0.2, -0.15) is 4.31 Å². The minimum Gasteiger partial charge on any atom is -0.351 e. The first kappa shape index (κ1) is 25.2. The molecule has 1 aromatic carbocycles. The highest BCUT2D eigenvalue weighted by Crippen LogP contribution is 2.28. The Morgan fingerprint density at radius 2 is 1.86 bits per heavy atom. The number of amides is 1. The van der Waals surface area contributed by atoms with Crippen LogP contribution in [0.1, 0.15) is 28.1 Å². The fourth-order valence-electron chi connectivity index (χ4n) is 3.46. The van der Waals surface area contributed by atoms with Crippen molar-refractivity contribution in [3.05, 3.63) is 75.4 Å². The van der Waals surface area contributed by atoms with Crippen LogP contribution in [0.15, 0.2) is 69.3 Å². The molecule has 4 rings (SSSR count). The number of piperidine rings is 1. The third kappa shape index (κ3) is 6.20. The molecule has 0 unspecified atom stereocenters. The maximum Gasteiger partial charge on any atom is 0.360 e. The number of nitrogens with zero attached hydrogens (tertiary/aromatic N) is 7. The Hall–Kier alpha value is -3.91. The molecule has 0 bridgehead atoms. The second-order valence-corrected chi connectivity index (χ2v) is 11.0. The summed E-state index contributed by atoms with van der Waals surface area (Å²) in [6.45, 7) is 0.813. The van der Waals surface area contributed by atoms with Crippen molar-refractivity contribution in [2.24, 2.45) is 10.2 Å². The number of rotatable bonds is 8. The molecule has 0 spiro atoms. The van der Waals surface area contributed by atoms with Gasteiger partial charge in [0.15, 0.2) is 6.54 Å². The minimum absolute atomic E-state index is 0.0559. The first-order valence-corrected chi connectivity index (χ1v) is 13.1. The molecule has 3 heterocycles. The van der Waals surface area contributed by atoms with E-state index in [4.69, 9.17) is 0 Å². The first-order chi connectivity index (χ1) is 17.3. The number of benzene rings is 1. The average molecular weight is 530 g/mol. The van der Waals surface area contributed by atoms with E-state index in [1.807, 2.05) is 0 Å². The van der Waals surface area contributed by atoms with Crippen LogP contribution in [0.25, 0.3) is 0 Å². The topological polar surface area (TPSA) is 174 Å². The number of hydrogen-bond donors (Lipinski definition) is 1. The average Bonchev–Trinajstić information content (AvgIpc) is 3.37. The smallest absolute Gasteiger partial charge is 0.351 e. The number of aromatic nitrogens is 2. The molecular formula is C21H21N8O5S2+. The standard InChI is InChI=1S/C21H21N8O5S2/c30-20(15-2-4-17(5-3-15)29(31)32)26-27-24-14-18-6-7-19(35-18)36(33,34)28-12-8-16(9-13-28)25-21-22-10-1-11-23-21/h1-7,10-11,16H,8-9,12-14H2,(H,22,23,25)/q+1. The summed E-state index contributed by atoms with van der Waals surface area (Å²) in [5, 5.41) is 21.2. The van der Waals surface area contributed by atoms with Gasteiger partial charge >= 0.3 is 5.91 Å². The molecule has 1 N–H and O–H groups in total. The Balaban J connectivity index is 1.31. The van der Waals surface area contributed by atoms with Gasteiger partial charge in [-0.15, -0.1) is 11.3 Å². The number of carbonyl (C=O) groups is 1. The SMILES string of the molecule is O=C(N=[N+]=NCc1ccc(S(=O)(=O)N2CCC(Nc3ncccn3)CC2)s1)c1ccc([N+](=O)[O-])cc1. The highest BCUT2D eigenvalue weighted by molar-refractivity contribution is 7.91. The van der Waals surface area contributed by atoms with Crippen LogP contribution in [0.4, 0.5) is 11.6 Å². The lowest BCUT2D eigenvalue weighted by Gasteiger charge is -2.31.